The summed E-state index contributed by atoms with van der Waals surface area (Å²) in [7, 11) is -1.83. The first-order valence-corrected chi connectivity index (χ1v) is 9.78. The molecule has 6 nitrogen and oxygen atoms in total. The number of likely N-dealkylation sites (tertiary alicyclic amines) is 1. The van der Waals surface area contributed by atoms with Crippen LogP contribution in [0.15, 0.2) is 26.7 Å². The van der Waals surface area contributed by atoms with Crippen LogP contribution < -0.4 is 5.73 Å². The lowest BCUT2D eigenvalue weighted by Gasteiger charge is -2.31. The van der Waals surface area contributed by atoms with Crippen molar-refractivity contribution in [1.82, 2.24) is 9.21 Å². The molecule has 1 atom stereocenters. The van der Waals surface area contributed by atoms with Gasteiger partial charge in [0.1, 0.15) is 4.21 Å². The summed E-state index contributed by atoms with van der Waals surface area (Å²) in [5.74, 6) is 1.15. The Labute approximate surface area is 136 Å². The topological polar surface area (TPSA) is 79.0 Å². The number of likely N-dealkylation sites (N-methyl/N-ethyl adjacent to an activating group) is 1. The van der Waals surface area contributed by atoms with Gasteiger partial charge in [0.2, 0.25) is 0 Å². The van der Waals surface area contributed by atoms with Gasteiger partial charge in [0.15, 0.2) is 5.96 Å². The lowest BCUT2D eigenvalue weighted by Crippen LogP contribution is -2.43. The van der Waals surface area contributed by atoms with E-state index in [0.717, 1.165) is 19.5 Å². The van der Waals surface area contributed by atoms with Gasteiger partial charge in [0.05, 0.1) is 6.54 Å². The van der Waals surface area contributed by atoms with Crippen LogP contribution in [0, 0.1) is 5.92 Å². The maximum absolute atomic E-state index is 12.3. The molecule has 2 heterocycles. The van der Waals surface area contributed by atoms with Crippen molar-refractivity contribution in [3.05, 3.63) is 17.5 Å². The highest BCUT2D eigenvalue weighted by Crippen LogP contribution is 2.19. The lowest BCUT2D eigenvalue weighted by atomic mass is 10.0. The van der Waals surface area contributed by atoms with E-state index < -0.39 is 10.0 Å². The van der Waals surface area contributed by atoms with Gasteiger partial charge < -0.3 is 10.6 Å². The fourth-order valence-corrected chi connectivity index (χ4v) is 4.85. The molecule has 0 spiro atoms. The van der Waals surface area contributed by atoms with Crippen LogP contribution in [-0.4, -0.2) is 56.8 Å². The second kappa shape index (κ2) is 7.43. The van der Waals surface area contributed by atoms with Gasteiger partial charge in [-0.3, -0.25) is 4.99 Å². The van der Waals surface area contributed by atoms with Crippen molar-refractivity contribution in [1.29, 1.82) is 0 Å². The van der Waals surface area contributed by atoms with Gasteiger partial charge in [-0.05, 0) is 30.2 Å². The first-order chi connectivity index (χ1) is 10.4. The lowest BCUT2D eigenvalue weighted by molar-refractivity contribution is 0.270. The predicted molar refractivity (Wildman–Crippen MR) is 90.6 cm³/mol. The van der Waals surface area contributed by atoms with Crippen molar-refractivity contribution in [2.45, 2.75) is 24.0 Å². The number of guanidine groups is 1. The van der Waals surface area contributed by atoms with Gasteiger partial charge in [-0.2, -0.15) is 4.31 Å². The summed E-state index contributed by atoms with van der Waals surface area (Å²) in [6, 6.07) is 3.35. The van der Waals surface area contributed by atoms with Gasteiger partial charge in [0, 0.05) is 26.7 Å². The molecule has 0 aromatic carbocycles. The van der Waals surface area contributed by atoms with Crippen molar-refractivity contribution in [3.63, 3.8) is 0 Å². The minimum absolute atomic E-state index is 0.324. The van der Waals surface area contributed by atoms with Crippen LogP contribution in [0.3, 0.4) is 0 Å². The third kappa shape index (κ3) is 4.21. The van der Waals surface area contributed by atoms with Crippen LogP contribution in [0.25, 0.3) is 0 Å². The zero-order valence-electron chi connectivity index (χ0n) is 13.1. The monoisotopic (exact) mass is 344 g/mol. The number of aliphatic imine (C=N–C) groups is 1. The molecule has 1 fully saturated rings. The Hall–Kier alpha value is -1.12. The first kappa shape index (κ1) is 17.2. The van der Waals surface area contributed by atoms with E-state index >= 15 is 0 Å². The van der Waals surface area contributed by atoms with E-state index in [1.54, 1.807) is 24.6 Å². The Morgan fingerprint density at radius 1 is 1.59 bits per heavy atom. The molecule has 0 saturated carbocycles. The van der Waals surface area contributed by atoms with Gasteiger partial charge in [-0.15, -0.1) is 11.3 Å². The fourth-order valence-electron chi connectivity index (χ4n) is 2.49. The number of nitrogens with two attached hydrogens (primary N) is 1. The third-order valence-electron chi connectivity index (χ3n) is 3.83. The van der Waals surface area contributed by atoms with E-state index in [4.69, 9.17) is 5.73 Å². The van der Waals surface area contributed by atoms with Crippen LogP contribution >= 0.6 is 11.3 Å². The number of rotatable bonds is 5. The molecule has 0 aliphatic carbocycles. The third-order valence-corrected chi connectivity index (χ3v) is 7.06. The summed E-state index contributed by atoms with van der Waals surface area (Å²) in [6.07, 6.45) is 2.36. The van der Waals surface area contributed by atoms with Gasteiger partial charge >= 0.3 is 0 Å². The van der Waals surface area contributed by atoms with Crippen LogP contribution in [0.2, 0.25) is 0 Å². The largest absolute Gasteiger partial charge is 0.370 e. The summed E-state index contributed by atoms with van der Waals surface area (Å²) < 4.78 is 26.2. The highest BCUT2D eigenvalue weighted by Gasteiger charge is 2.21. The molecule has 0 radical (unpaired) electrons. The summed E-state index contributed by atoms with van der Waals surface area (Å²) in [5.41, 5.74) is 6.01. The molecule has 1 aliphatic heterocycles. The summed E-state index contributed by atoms with van der Waals surface area (Å²) in [5, 5.41) is 1.76. The molecule has 1 aromatic rings. The van der Waals surface area contributed by atoms with Crippen molar-refractivity contribution in [2.24, 2.45) is 16.6 Å². The minimum Gasteiger partial charge on any atom is -0.370 e. The van der Waals surface area contributed by atoms with Crippen LogP contribution in [0.1, 0.15) is 19.8 Å². The molecular formula is C14H24N4O2S2. The van der Waals surface area contributed by atoms with E-state index in [2.05, 4.69) is 16.8 Å². The molecular weight excluding hydrogens is 320 g/mol. The van der Waals surface area contributed by atoms with Gasteiger partial charge in [0.25, 0.3) is 10.0 Å². The summed E-state index contributed by atoms with van der Waals surface area (Å²) in [6.45, 7) is 4.77. The molecule has 22 heavy (non-hydrogen) atoms. The van der Waals surface area contributed by atoms with Crippen LogP contribution in [0.4, 0.5) is 0 Å². The summed E-state index contributed by atoms with van der Waals surface area (Å²) in [4.78, 5) is 6.42. The molecule has 0 unspecified atom stereocenters. The zero-order valence-corrected chi connectivity index (χ0v) is 14.7. The molecule has 1 aromatic heterocycles. The average molecular weight is 345 g/mol. The second-order valence-corrected chi connectivity index (χ2v) is 8.91. The Morgan fingerprint density at radius 3 is 3.00 bits per heavy atom. The molecule has 1 aliphatic rings. The van der Waals surface area contributed by atoms with E-state index in [-0.39, 0.29) is 0 Å². The molecule has 8 heteroatoms. The SMILES string of the molecule is C[C@H]1CCCN(C(N)=NCCN(C)S(=O)(=O)c2cccs2)C1. The van der Waals surface area contributed by atoms with Gasteiger partial charge in [-0.1, -0.05) is 13.0 Å². The van der Waals surface area contributed by atoms with Crippen LogP contribution in [-0.2, 0) is 10.0 Å². The van der Waals surface area contributed by atoms with Gasteiger partial charge in [-0.25, -0.2) is 8.42 Å². The molecule has 2 N–H and O–H groups in total. The second-order valence-electron chi connectivity index (χ2n) is 5.69. The standard InChI is InChI=1S/C14H24N4O2S2/c1-12-5-3-8-18(11-12)14(15)16-7-9-17(2)22(19,20)13-6-4-10-21-13/h4,6,10,12H,3,5,7-9,11H2,1-2H3,(H2,15,16)/t12-/m0/s1. The summed E-state index contributed by atoms with van der Waals surface area (Å²) >= 11 is 1.22. The Balaban J connectivity index is 1.88. The molecule has 0 bridgehead atoms. The number of nitrogens with zero attached hydrogens (tertiary/aromatic N) is 3. The predicted octanol–water partition coefficient (Wildman–Crippen LogP) is 1.42. The molecule has 0 amide bonds. The minimum atomic E-state index is -3.40. The normalized spacial score (nSPS) is 20.6. The quantitative estimate of drug-likeness (QED) is 0.647. The molecule has 2 rings (SSSR count). The van der Waals surface area contributed by atoms with Crippen molar-refractivity contribution < 1.29 is 8.42 Å². The number of sulfonamides is 1. The molecule has 1 saturated heterocycles. The van der Waals surface area contributed by atoms with E-state index in [1.165, 1.54) is 22.1 Å². The van der Waals surface area contributed by atoms with E-state index in [9.17, 15) is 8.42 Å². The van der Waals surface area contributed by atoms with Crippen molar-refractivity contribution >= 4 is 27.3 Å². The fraction of sp³-hybridized carbons (Fsp3) is 0.643. The van der Waals surface area contributed by atoms with Crippen molar-refractivity contribution in [3.8, 4) is 0 Å². The Morgan fingerprint density at radius 2 is 2.36 bits per heavy atom. The zero-order chi connectivity index (χ0) is 16.2. The highest BCUT2D eigenvalue weighted by atomic mass is 32.2. The number of thiophene rings is 1. The number of hydrogen-bond donors (Lipinski definition) is 1. The maximum Gasteiger partial charge on any atom is 0.252 e. The first-order valence-electron chi connectivity index (χ1n) is 7.46. The average Bonchev–Trinajstić information content (AvgIpc) is 3.01. The van der Waals surface area contributed by atoms with Crippen molar-refractivity contribution in [2.75, 3.05) is 33.2 Å². The van der Waals surface area contributed by atoms with E-state index in [0.29, 0.717) is 29.2 Å². The van der Waals surface area contributed by atoms with Crippen LogP contribution in [0.5, 0.6) is 0 Å². The maximum atomic E-state index is 12.3. The van der Waals surface area contributed by atoms with E-state index in [1.807, 2.05) is 0 Å². The number of piperidine rings is 1. The Bertz CT molecular complexity index is 598. The number of hydrogen-bond acceptors (Lipinski definition) is 4. The Kier molecular flexibility index (Phi) is 5.82. The molecule has 124 valence electrons. The smallest absolute Gasteiger partial charge is 0.252 e. The highest BCUT2D eigenvalue weighted by molar-refractivity contribution is 7.91.